The van der Waals surface area contributed by atoms with E-state index in [0.29, 0.717) is 0 Å². The molecule has 0 amide bonds. The third-order valence-electron chi connectivity index (χ3n) is 1.94. The number of nitriles is 3. The molecule has 3 nitrogen and oxygen atoms in total. The highest BCUT2D eigenvalue weighted by molar-refractivity contribution is 7.13. The minimum atomic E-state index is -4.69. The first-order valence-corrected chi connectivity index (χ1v) is 5.29. The number of rotatable bonds is 1. The summed E-state index contributed by atoms with van der Waals surface area (Å²) in [6, 6.07) is 4.70. The number of allylic oxidation sites excluding steroid dienone is 1. The third kappa shape index (κ3) is 2.51. The van der Waals surface area contributed by atoms with Crippen molar-refractivity contribution in [1.29, 1.82) is 15.8 Å². The lowest BCUT2D eigenvalue weighted by Crippen LogP contribution is -2.04. The summed E-state index contributed by atoms with van der Waals surface area (Å²) >= 11 is 0.288. The minimum absolute atomic E-state index is 0.0274. The molecule has 0 atom stereocenters. The second kappa shape index (κ2) is 4.91. The van der Waals surface area contributed by atoms with Gasteiger partial charge in [0.05, 0.1) is 17.2 Å². The number of halogens is 3. The first-order valence-electron chi connectivity index (χ1n) is 4.47. The van der Waals surface area contributed by atoms with Crippen molar-refractivity contribution in [2.75, 3.05) is 0 Å². The summed E-state index contributed by atoms with van der Waals surface area (Å²) in [4.78, 5) is -1.14. The van der Waals surface area contributed by atoms with Crippen LogP contribution in [-0.4, -0.2) is 0 Å². The molecule has 18 heavy (non-hydrogen) atoms. The summed E-state index contributed by atoms with van der Waals surface area (Å²) < 4.78 is 37.9. The largest absolute Gasteiger partial charge is 0.426 e. The van der Waals surface area contributed by atoms with Crippen LogP contribution in [0, 0.1) is 34.0 Å². The summed E-state index contributed by atoms with van der Waals surface area (Å²) in [6.07, 6.45) is -3.52. The van der Waals surface area contributed by atoms with Crippen molar-refractivity contribution < 1.29 is 13.2 Å². The van der Waals surface area contributed by atoms with Crippen LogP contribution in [0.2, 0.25) is 0 Å². The lowest BCUT2D eigenvalue weighted by Gasteiger charge is -2.02. The van der Waals surface area contributed by atoms with E-state index in [1.807, 2.05) is 0 Å². The van der Waals surface area contributed by atoms with Crippen LogP contribution in [0.25, 0.3) is 6.08 Å². The molecule has 0 unspecified atom stereocenters. The van der Waals surface area contributed by atoms with Gasteiger partial charge in [-0.1, -0.05) is 0 Å². The van der Waals surface area contributed by atoms with E-state index in [0.717, 1.165) is 0 Å². The SMILES string of the molecule is C/C(C#N)=C/c1sc(C(F)(F)F)c(C#N)c1C#N. The maximum atomic E-state index is 12.6. The fourth-order valence-electron chi connectivity index (χ4n) is 1.20. The number of nitrogens with zero attached hydrogens (tertiary/aromatic N) is 3. The monoisotopic (exact) mass is 267 g/mol. The highest BCUT2D eigenvalue weighted by atomic mass is 32.1. The zero-order chi connectivity index (χ0) is 13.9. The molecule has 0 saturated heterocycles. The maximum absolute atomic E-state index is 12.6. The second-order valence-corrected chi connectivity index (χ2v) is 4.26. The smallest absolute Gasteiger partial charge is 0.193 e. The standard InChI is InChI=1S/C11H4F3N3S/c1-6(3-15)2-9-7(4-16)8(5-17)10(18-9)11(12,13)14/h2H,1H3/b6-2-. The van der Waals surface area contributed by atoms with E-state index in [9.17, 15) is 13.2 Å². The summed E-state index contributed by atoms with van der Waals surface area (Å²) in [5.41, 5.74) is -0.873. The zero-order valence-electron chi connectivity index (χ0n) is 8.96. The van der Waals surface area contributed by atoms with E-state index in [1.165, 1.54) is 19.1 Å². The van der Waals surface area contributed by atoms with E-state index in [4.69, 9.17) is 15.8 Å². The van der Waals surface area contributed by atoms with Crippen LogP contribution in [0.15, 0.2) is 5.57 Å². The molecule has 0 saturated carbocycles. The third-order valence-corrected chi connectivity index (χ3v) is 3.12. The normalized spacial score (nSPS) is 11.5. The summed E-state index contributed by atoms with van der Waals surface area (Å²) in [5.74, 6) is 0. The summed E-state index contributed by atoms with van der Waals surface area (Å²) in [7, 11) is 0. The molecule has 1 heterocycles. The van der Waals surface area contributed by atoms with Crippen LogP contribution in [0.5, 0.6) is 0 Å². The van der Waals surface area contributed by atoms with Crippen LogP contribution in [0.3, 0.4) is 0 Å². The lowest BCUT2D eigenvalue weighted by atomic mass is 10.1. The predicted octanol–water partition coefficient (Wildman–Crippen LogP) is 3.44. The van der Waals surface area contributed by atoms with Crippen LogP contribution in [-0.2, 0) is 6.18 Å². The van der Waals surface area contributed by atoms with E-state index in [-0.39, 0.29) is 27.4 Å². The van der Waals surface area contributed by atoms with Gasteiger partial charge in [0.15, 0.2) is 0 Å². The molecule has 0 fully saturated rings. The molecule has 0 bridgehead atoms. The Morgan fingerprint density at radius 2 is 1.72 bits per heavy atom. The van der Waals surface area contributed by atoms with Gasteiger partial charge in [-0.05, 0) is 13.0 Å². The van der Waals surface area contributed by atoms with Crippen LogP contribution >= 0.6 is 11.3 Å². The van der Waals surface area contributed by atoms with Crippen LogP contribution in [0.1, 0.15) is 27.8 Å². The van der Waals surface area contributed by atoms with Gasteiger partial charge in [0.25, 0.3) is 0 Å². The average molecular weight is 267 g/mol. The molecule has 0 spiro atoms. The predicted molar refractivity (Wildman–Crippen MR) is 58.0 cm³/mol. The molecule has 1 aromatic heterocycles. The number of alkyl halides is 3. The van der Waals surface area contributed by atoms with Crippen molar-refractivity contribution in [2.24, 2.45) is 0 Å². The Hall–Kier alpha value is -2.30. The quantitative estimate of drug-likeness (QED) is 0.731. The first-order chi connectivity index (χ1) is 8.35. The topological polar surface area (TPSA) is 71.4 Å². The Morgan fingerprint density at radius 1 is 1.17 bits per heavy atom. The second-order valence-electron chi connectivity index (χ2n) is 3.21. The molecule has 1 rings (SSSR count). The molecule has 1 aromatic rings. The number of thiophene rings is 1. The Labute approximate surface area is 105 Å². The van der Waals surface area contributed by atoms with Crippen LogP contribution < -0.4 is 0 Å². The fourth-order valence-corrected chi connectivity index (χ4v) is 2.27. The first kappa shape index (κ1) is 13.8. The van der Waals surface area contributed by atoms with Crippen LogP contribution in [0.4, 0.5) is 13.2 Å². The lowest BCUT2D eigenvalue weighted by molar-refractivity contribution is -0.134. The Bertz CT molecular complexity index is 633. The van der Waals surface area contributed by atoms with Gasteiger partial charge in [-0.25, -0.2) is 0 Å². The van der Waals surface area contributed by atoms with Crippen molar-refractivity contribution >= 4 is 17.4 Å². The minimum Gasteiger partial charge on any atom is -0.193 e. The average Bonchev–Trinajstić information content (AvgIpc) is 2.66. The van der Waals surface area contributed by atoms with Crippen molar-refractivity contribution in [1.82, 2.24) is 0 Å². The van der Waals surface area contributed by atoms with Gasteiger partial charge < -0.3 is 0 Å². The Balaban J connectivity index is 3.61. The van der Waals surface area contributed by atoms with Gasteiger partial charge in [-0.15, -0.1) is 11.3 Å². The molecular formula is C11H4F3N3S. The van der Waals surface area contributed by atoms with Crippen molar-refractivity contribution in [3.63, 3.8) is 0 Å². The van der Waals surface area contributed by atoms with Crippen molar-refractivity contribution in [3.05, 3.63) is 26.5 Å². The number of hydrogen-bond donors (Lipinski definition) is 0. The van der Waals surface area contributed by atoms with Gasteiger partial charge in [0.2, 0.25) is 0 Å². The summed E-state index contributed by atoms with van der Waals surface area (Å²) in [6.45, 7) is 1.40. The molecular weight excluding hydrogens is 263 g/mol. The van der Waals surface area contributed by atoms with Crippen molar-refractivity contribution in [3.8, 4) is 18.2 Å². The Kier molecular flexibility index (Phi) is 3.76. The van der Waals surface area contributed by atoms with Gasteiger partial charge in [-0.2, -0.15) is 29.0 Å². The molecule has 0 aliphatic carbocycles. The van der Waals surface area contributed by atoms with Gasteiger partial charge in [0.1, 0.15) is 17.0 Å². The molecule has 0 aromatic carbocycles. The van der Waals surface area contributed by atoms with Crippen molar-refractivity contribution in [2.45, 2.75) is 13.1 Å². The maximum Gasteiger partial charge on any atom is 0.426 e. The molecule has 0 aliphatic rings. The zero-order valence-corrected chi connectivity index (χ0v) is 9.78. The fraction of sp³-hybridized carbons (Fsp3) is 0.182. The summed E-state index contributed by atoms with van der Waals surface area (Å²) in [5, 5.41) is 26.1. The molecule has 0 radical (unpaired) electrons. The van der Waals surface area contributed by atoms with E-state index < -0.39 is 16.6 Å². The highest BCUT2D eigenvalue weighted by Crippen LogP contribution is 2.40. The van der Waals surface area contributed by atoms with E-state index in [1.54, 1.807) is 12.1 Å². The highest BCUT2D eigenvalue weighted by Gasteiger charge is 2.38. The van der Waals surface area contributed by atoms with E-state index >= 15 is 0 Å². The van der Waals surface area contributed by atoms with Gasteiger partial charge in [0, 0.05) is 10.5 Å². The molecule has 7 heteroatoms. The molecule has 90 valence electrons. The Morgan fingerprint density at radius 3 is 2.11 bits per heavy atom. The van der Waals surface area contributed by atoms with E-state index in [2.05, 4.69) is 0 Å². The molecule has 0 N–H and O–H groups in total. The van der Waals surface area contributed by atoms with Gasteiger partial charge in [-0.3, -0.25) is 0 Å². The number of hydrogen-bond acceptors (Lipinski definition) is 4. The molecule has 0 aliphatic heterocycles. The van der Waals surface area contributed by atoms with Gasteiger partial charge >= 0.3 is 6.18 Å².